The van der Waals surface area contributed by atoms with Crippen molar-refractivity contribution in [2.24, 2.45) is 11.8 Å². The van der Waals surface area contributed by atoms with Gasteiger partial charge < -0.3 is 10.4 Å². The molecule has 0 heterocycles. The molecule has 0 aliphatic heterocycles. The van der Waals surface area contributed by atoms with Gasteiger partial charge in [0.15, 0.2) is 0 Å². The van der Waals surface area contributed by atoms with Crippen LogP contribution in [0.15, 0.2) is 0 Å². The summed E-state index contributed by atoms with van der Waals surface area (Å²) >= 11 is 0. The van der Waals surface area contributed by atoms with Gasteiger partial charge in [0.2, 0.25) is 0 Å². The highest BCUT2D eigenvalue weighted by Gasteiger charge is 2.24. The van der Waals surface area contributed by atoms with Crippen LogP contribution < -0.4 is 5.32 Å². The maximum atomic E-state index is 8.93. The molecule has 1 fully saturated rings. The summed E-state index contributed by atoms with van der Waals surface area (Å²) in [5, 5.41) is 12.4. The van der Waals surface area contributed by atoms with Crippen molar-refractivity contribution in [2.45, 2.75) is 52.1 Å². The Labute approximate surface area is 81.7 Å². The molecule has 3 atom stereocenters. The largest absolute Gasteiger partial charge is 0.395 e. The first-order valence-corrected chi connectivity index (χ1v) is 5.48. The van der Waals surface area contributed by atoms with Crippen LogP contribution in [0, 0.1) is 11.8 Å². The Hall–Kier alpha value is -0.0800. The van der Waals surface area contributed by atoms with Crippen molar-refractivity contribution < 1.29 is 5.11 Å². The third kappa shape index (κ3) is 3.65. The van der Waals surface area contributed by atoms with Gasteiger partial charge in [-0.15, -0.1) is 0 Å². The summed E-state index contributed by atoms with van der Waals surface area (Å²) in [7, 11) is 0. The van der Waals surface area contributed by atoms with E-state index >= 15 is 0 Å². The number of aliphatic hydroxyl groups is 1. The lowest BCUT2D eigenvalue weighted by Crippen LogP contribution is -2.42. The summed E-state index contributed by atoms with van der Waals surface area (Å²) in [5.41, 5.74) is 0. The number of nitrogens with one attached hydrogen (secondary N) is 1. The van der Waals surface area contributed by atoms with E-state index in [1.54, 1.807) is 0 Å². The van der Waals surface area contributed by atoms with Crippen LogP contribution in [0.4, 0.5) is 0 Å². The summed E-state index contributed by atoms with van der Waals surface area (Å²) in [6, 6.07) is 0.878. The average Bonchev–Trinajstić information content (AvgIpc) is 2.02. The molecule has 78 valence electrons. The maximum Gasteiger partial charge on any atom is 0.0582 e. The van der Waals surface area contributed by atoms with E-state index in [0.29, 0.717) is 6.04 Å². The van der Waals surface area contributed by atoms with Gasteiger partial charge in [0, 0.05) is 12.1 Å². The number of aliphatic hydroxyl groups excluding tert-OH is 1. The van der Waals surface area contributed by atoms with Crippen LogP contribution in [0.2, 0.25) is 0 Å². The molecule has 0 bridgehead atoms. The Bertz CT molecular complexity index is 139. The molecule has 1 aliphatic carbocycles. The van der Waals surface area contributed by atoms with Crippen LogP contribution in [-0.4, -0.2) is 23.8 Å². The van der Waals surface area contributed by atoms with Gasteiger partial charge in [0.05, 0.1) is 6.61 Å². The van der Waals surface area contributed by atoms with Gasteiger partial charge in [0.1, 0.15) is 0 Å². The Morgan fingerprint density at radius 1 is 1.23 bits per heavy atom. The minimum atomic E-state index is 0.249. The summed E-state index contributed by atoms with van der Waals surface area (Å²) in [4.78, 5) is 0. The quantitative estimate of drug-likeness (QED) is 0.702. The van der Waals surface area contributed by atoms with Crippen molar-refractivity contribution in [3.63, 3.8) is 0 Å². The zero-order valence-corrected chi connectivity index (χ0v) is 9.09. The Morgan fingerprint density at radius 2 is 1.77 bits per heavy atom. The molecule has 0 radical (unpaired) electrons. The van der Waals surface area contributed by atoms with Crippen LogP contribution in [0.25, 0.3) is 0 Å². The normalized spacial score (nSPS) is 37.4. The molecule has 0 aromatic carbocycles. The van der Waals surface area contributed by atoms with Gasteiger partial charge in [0.25, 0.3) is 0 Å². The van der Waals surface area contributed by atoms with Crippen molar-refractivity contribution in [3.05, 3.63) is 0 Å². The molecule has 1 rings (SSSR count). The van der Waals surface area contributed by atoms with E-state index in [0.717, 1.165) is 11.8 Å². The van der Waals surface area contributed by atoms with Crippen molar-refractivity contribution in [2.75, 3.05) is 6.61 Å². The summed E-state index contributed by atoms with van der Waals surface area (Å²) in [6.07, 6.45) is 3.91. The van der Waals surface area contributed by atoms with Crippen molar-refractivity contribution in [3.8, 4) is 0 Å². The number of hydrogen-bond acceptors (Lipinski definition) is 2. The van der Waals surface area contributed by atoms with E-state index in [2.05, 4.69) is 19.2 Å². The van der Waals surface area contributed by atoms with Crippen LogP contribution in [0.5, 0.6) is 0 Å². The molecule has 0 amide bonds. The minimum Gasteiger partial charge on any atom is -0.395 e. The van der Waals surface area contributed by atoms with Gasteiger partial charge in [-0.2, -0.15) is 0 Å². The monoisotopic (exact) mass is 185 g/mol. The number of rotatable bonds is 3. The molecule has 0 spiro atoms. The Kier molecular flexibility index (Phi) is 4.20. The van der Waals surface area contributed by atoms with E-state index in [4.69, 9.17) is 5.11 Å². The molecule has 2 nitrogen and oxygen atoms in total. The fourth-order valence-corrected chi connectivity index (χ4v) is 2.54. The molecular weight excluding hydrogens is 162 g/mol. The van der Waals surface area contributed by atoms with E-state index in [1.165, 1.54) is 19.3 Å². The SMILES string of the molecule is CC1CC(C)CC(N[C@H](C)CO)C1. The maximum absolute atomic E-state index is 8.93. The van der Waals surface area contributed by atoms with Crippen molar-refractivity contribution in [1.29, 1.82) is 0 Å². The van der Waals surface area contributed by atoms with Crippen LogP contribution in [0.3, 0.4) is 0 Å². The molecule has 13 heavy (non-hydrogen) atoms. The lowest BCUT2D eigenvalue weighted by molar-refractivity contribution is 0.192. The fraction of sp³-hybridized carbons (Fsp3) is 1.00. The first-order valence-electron chi connectivity index (χ1n) is 5.48. The van der Waals surface area contributed by atoms with E-state index in [1.807, 2.05) is 6.92 Å². The highest BCUT2D eigenvalue weighted by atomic mass is 16.3. The molecule has 0 saturated heterocycles. The van der Waals surface area contributed by atoms with E-state index in [9.17, 15) is 0 Å². The summed E-state index contributed by atoms with van der Waals surface area (Å²) < 4.78 is 0. The van der Waals surface area contributed by atoms with Gasteiger partial charge >= 0.3 is 0 Å². The van der Waals surface area contributed by atoms with E-state index < -0.39 is 0 Å². The van der Waals surface area contributed by atoms with E-state index in [-0.39, 0.29) is 12.6 Å². The fourth-order valence-electron chi connectivity index (χ4n) is 2.54. The third-order valence-electron chi connectivity index (χ3n) is 2.97. The van der Waals surface area contributed by atoms with Crippen LogP contribution in [0.1, 0.15) is 40.0 Å². The first kappa shape index (κ1) is 11.0. The Morgan fingerprint density at radius 3 is 2.23 bits per heavy atom. The lowest BCUT2D eigenvalue weighted by atomic mass is 9.80. The number of hydrogen-bond donors (Lipinski definition) is 2. The molecule has 0 aromatic rings. The summed E-state index contributed by atoms with van der Waals surface area (Å²) in [6.45, 7) is 6.95. The van der Waals surface area contributed by atoms with Gasteiger partial charge in [-0.3, -0.25) is 0 Å². The molecule has 1 aliphatic rings. The first-order chi connectivity index (χ1) is 6.11. The second kappa shape index (κ2) is 4.97. The third-order valence-corrected chi connectivity index (χ3v) is 2.97. The predicted molar refractivity (Wildman–Crippen MR) is 55.7 cm³/mol. The topological polar surface area (TPSA) is 32.3 Å². The second-order valence-corrected chi connectivity index (χ2v) is 4.86. The second-order valence-electron chi connectivity index (χ2n) is 4.86. The molecule has 2 unspecified atom stereocenters. The van der Waals surface area contributed by atoms with Crippen molar-refractivity contribution >= 4 is 0 Å². The smallest absolute Gasteiger partial charge is 0.0582 e. The van der Waals surface area contributed by atoms with Crippen LogP contribution in [-0.2, 0) is 0 Å². The van der Waals surface area contributed by atoms with Gasteiger partial charge in [-0.1, -0.05) is 13.8 Å². The highest BCUT2D eigenvalue weighted by molar-refractivity contribution is 4.81. The standard InChI is InChI=1S/C11H23NO/c1-8-4-9(2)6-11(5-8)12-10(3)7-13/h8-13H,4-7H2,1-3H3/t8?,9?,10-,11?/m1/s1. The molecule has 1 saturated carbocycles. The minimum absolute atomic E-state index is 0.249. The zero-order chi connectivity index (χ0) is 9.84. The average molecular weight is 185 g/mol. The van der Waals surface area contributed by atoms with Crippen molar-refractivity contribution in [1.82, 2.24) is 5.32 Å². The summed E-state index contributed by atoms with van der Waals surface area (Å²) in [5.74, 6) is 1.68. The van der Waals surface area contributed by atoms with Crippen LogP contribution >= 0.6 is 0 Å². The lowest BCUT2D eigenvalue weighted by Gasteiger charge is -2.33. The Balaban J connectivity index is 2.32. The molecule has 2 N–H and O–H groups in total. The molecular formula is C11H23NO. The van der Waals surface area contributed by atoms with Gasteiger partial charge in [-0.05, 0) is 38.0 Å². The predicted octanol–water partition coefficient (Wildman–Crippen LogP) is 1.78. The molecule has 0 aromatic heterocycles. The highest BCUT2D eigenvalue weighted by Crippen LogP contribution is 2.28. The zero-order valence-electron chi connectivity index (χ0n) is 9.09. The molecule has 2 heteroatoms. The van der Waals surface area contributed by atoms with Gasteiger partial charge in [-0.25, -0.2) is 0 Å².